The lowest BCUT2D eigenvalue weighted by molar-refractivity contribution is 0.285. The van der Waals surface area contributed by atoms with Crippen LogP contribution in [-0.2, 0) is 23.1 Å². The number of benzene rings is 1. The van der Waals surface area contributed by atoms with Gasteiger partial charge in [0.05, 0.1) is 12.3 Å². The second-order valence-electron chi connectivity index (χ2n) is 4.78. The van der Waals surface area contributed by atoms with E-state index in [1.54, 1.807) is 20.0 Å². The van der Waals surface area contributed by atoms with Gasteiger partial charge in [-0.15, -0.1) is 11.3 Å². The fourth-order valence-electron chi connectivity index (χ4n) is 2.09. The van der Waals surface area contributed by atoms with Crippen molar-refractivity contribution in [2.45, 2.75) is 31.8 Å². The molecule has 0 aliphatic rings. The smallest absolute Gasteiger partial charge is 0.265 e. The Balaban J connectivity index is 2.39. The fraction of sp³-hybridized carbons (Fsp3) is 0.333. The quantitative estimate of drug-likeness (QED) is 0.919. The second kappa shape index (κ2) is 6.17. The number of aliphatic hydroxyl groups excluding tert-OH is 1. The fourth-order valence-corrected chi connectivity index (χ4v) is 4.74. The molecule has 0 spiro atoms. The number of aliphatic hydroxyl groups is 1. The number of anilines is 1. The number of nitrogens with zero attached hydrogens (tertiary/aromatic N) is 1. The molecule has 21 heavy (non-hydrogen) atoms. The van der Waals surface area contributed by atoms with E-state index in [0.717, 1.165) is 6.42 Å². The molecule has 4 nitrogen and oxygen atoms in total. The summed E-state index contributed by atoms with van der Waals surface area (Å²) in [6, 6.07) is 9.03. The van der Waals surface area contributed by atoms with Gasteiger partial charge in [0.2, 0.25) is 0 Å². The highest BCUT2D eigenvalue weighted by molar-refractivity contribution is 7.93. The average Bonchev–Trinajstić information content (AvgIpc) is 2.88. The Kier molecular flexibility index (Phi) is 4.70. The van der Waals surface area contributed by atoms with Crippen LogP contribution in [0.1, 0.15) is 22.2 Å². The molecule has 0 saturated heterocycles. The third kappa shape index (κ3) is 3.12. The summed E-state index contributed by atoms with van der Waals surface area (Å²) >= 11 is 1.30. The summed E-state index contributed by atoms with van der Waals surface area (Å²) in [5.41, 5.74) is 1.79. The molecule has 114 valence electrons. The van der Waals surface area contributed by atoms with Gasteiger partial charge in [-0.2, -0.15) is 0 Å². The van der Waals surface area contributed by atoms with Crippen molar-refractivity contribution in [1.29, 1.82) is 0 Å². The van der Waals surface area contributed by atoms with Crippen molar-refractivity contribution in [3.63, 3.8) is 0 Å². The molecule has 0 fully saturated rings. The van der Waals surface area contributed by atoms with Crippen molar-refractivity contribution in [2.24, 2.45) is 0 Å². The molecule has 0 bridgehead atoms. The van der Waals surface area contributed by atoms with E-state index in [4.69, 9.17) is 5.11 Å². The first kappa shape index (κ1) is 16.0. The molecule has 2 rings (SSSR count). The van der Waals surface area contributed by atoms with Crippen LogP contribution in [0.25, 0.3) is 0 Å². The van der Waals surface area contributed by atoms with Crippen molar-refractivity contribution in [3.05, 3.63) is 45.6 Å². The molecule has 1 heterocycles. The Morgan fingerprint density at radius 3 is 2.33 bits per heavy atom. The topological polar surface area (TPSA) is 57.6 Å². The van der Waals surface area contributed by atoms with Gasteiger partial charge in [0.1, 0.15) is 4.90 Å². The average molecular weight is 325 g/mol. The molecule has 0 amide bonds. The van der Waals surface area contributed by atoms with E-state index in [1.165, 1.54) is 21.2 Å². The van der Waals surface area contributed by atoms with Crippen LogP contribution >= 0.6 is 11.3 Å². The van der Waals surface area contributed by atoms with Crippen molar-refractivity contribution in [1.82, 2.24) is 0 Å². The zero-order valence-electron chi connectivity index (χ0n) is 12.3. The van der Waals surface area contributed by atoms with Crippen LogP contribution in [0.4, 0.5) is 5.69 Å². The van der Waals surface area contributed by atoms with Crippen LogP contribution < -0.4 is 4.31 Å². The number of aryl methyl sites for hydroxylation is 2. The van der Waals surface area contributed by atoms with E-state index < -0.39 is 10.0 Å². The zero-order valence-corrected chi connectivity index (χ0v) is 14.0. The van der Waals surface area contributed by atoms with Crippen LogP contribution in [0, 0.1) is 6.92 Å². The Morgan fingerprint density at radius 1 is 1.24 bits per heavy atom. The minimum absolute atomic E-state index is 0.143. The highest BCUT2D eigenvalue weighted by Crippen LogP contribution is 2.30. The lowest BCUT2D eigenvalue weighted by atomic mass is 10.1. The first-order valence-corrected chi connectivity index (χ1v) is 8.93. The van der Waals surface area contributed by atoms with E-state index in [1.807, 2.05) is 24.3 Å². The number of thiophene rings is 1. The third-order valence-electron chi connectivity index (χ3n) is 3.43. The van der Waals surface area contributed by atoms with Crippen LogP contribution in [0.5, 0.6) is 0 Å². The maximum absolute atomic E-state index is 12.7. The van der Waals surface area contributed by atoms with Gasteiger partial charge >= 0.3 is 0 Å². The van der Waals surface area contributed by atoms with Crippen LogP contribution in [0.15, 0.2) is 35.2 Å². The summed E-state index contributed by atoms with van der Waals surface area (Å²) in [4.78, 5) is 1.61. The third-order valence-corrected chi connectivity index (χ3v) is 6.50. The van der Waals surface area contributed by atoms with Gasteiger partial charge in [0.15, 0.2) is 0 Å². The molecule has 0 unspecified atom stereocenters. The van der Waals surface area contributed by atoms with Crippen LogP contribution in [-0.4, -0.2) is 20.6 Å². The van der Waals surface area contributed by atoms with Gasteiger partial charge in [-0.25, -0.2) is 8.42 Å². The maximum Gasteiger partial charge on any atom is 0.265 e. The Labute approximate surface area is 129 Å². The molecule has 0 atom stereocenters. The van der Waals surface area contributed by atoms with Gasteiger partial charge in [-0.05, 0) is 37.1 Å². The second-order valence-corrected chi connectivity index (χ2v) is 8.06. The van der Waals surface area contributed by atoms with E-state index >= 15 is 0 Å². The summed E-state index contributed by atoms with van der Waals surface area (Å²) in [7, 11) is -2.05. The lowest BCUT2D eigenvalue weighted by Gasteiger charge is -2.19. The summed E-state index contributed by atoms with van der Waals surface area (Å²) in [6.07, 6.45) is 0.917. The standard InChI is InChI=1S/C15H19NO3S2/c1-4-12-5-7-13(8-6-12)16(3)21(18,19)15-9-14(10-17)20-11(15)2/h5-9,17H,4,10H2,1-3H3. The number of sulfonamides is 1. The minimum atomic E-state index is -3.60. The first-order valence-electron chi connectivity index (χ1n) is 6.68. The van der Waals surface area contributed by atoms with Gasteiger partial charge in [-0.1, -0.05) is 19.1 Å². The molecule has 1 aromatic heterocycles. The van der Waals surface area contributed by atoms with Crippen LogP contribution in [0.2, 0.25) is 0 Å². The molecule has 0 saturated carbocycles. The van der Waals surface area contributed by atoms with Crippen molar-refractivity contribution in [3.8, 4) is 0 Å². The lowest BCUT2D eigenvalue weighted by Crippen LogP contribution is -2.26. The largest absolute Gasteiger partial charge is 0.391 e. The van der Waals surface area contributed by atoms with Crippen molar-refractivity contribution in [2.75, 3.05) is 11.4 Å². The number of hydrogen-bond donors (Lipinski definition) is 1. The Morgan fingerprint density at radius 2 is 1.86 bits per heavy atom. The number of hydrogen-bond acceptors (Lipinski definition) is 4. The van der Waals surface area contributed by atoms with Gasteiger partial charge < -0.3 is 5.11 Å². The Bertz CT molecular complexity index is 718. The van der Waals surface area contributed by atoms with Crippen molar-refractivity contribution >= 4 is 27.0 Å². The van der Waals surface area contributed by atoms with E-state index in [2.05, 4.69) is 6.92 Å². The van der Waals surface area contributed by atoms with E-state index in [0.29, 0.717) is 15.4 Å². The molecule has 1 N–H and O–H groups in total. The molecule has 0 aliphatic heterocycles. The van der Waals surface area contributed by atoms with Gasteiger partial charge in [0, 0.05) is 16.8 Å². The molecular formula is C15H19NO3S2. The normalized spacial score (nSPS) is 11.6. The number of rotatable bonds is 5. The zero-order chi connectivity index (χ0) is 15.6. The molecule has 0 aliphatic carbocycles. The summed E-state index contributed by atoms with van der Waals surface area (Å²) < 4.78 is 26.7. The highest BCUT2D eigenvalue weighted by atomic mass is 32.2. The molecule has 0 radical (unpaired) electrons. The van der Waals surface area contributed by atoms with Crippen molar-refractivity contribution < 1.29 is 13.5 Å². The summed E-state index contributed by atoms with van der Waals surface area (Å²) in [5, 5.41) is 9.16. The monoisotopic (exact) mass is 325 g/mol. The maximum atomic E-state index is 12.7. The molecule has 1 aromatic carbocycles. The van der Waals surface area contributed by atoms with Gasteiger partial charge in [0.25, 0.3) is 10.0 Å². The Hall–Kier alpha value is -1.37. The molecule has 6 heteroatoms. The predicted molar refractivity (Wildman–Crippen MR) is 86.4 cm³/mol. The predicted octanol–water partition coefficient (Wildman–Crippen LogP) is 2.94. The molecule has 2 aromatic rings. The van der Waals surface area contributed by atoms with Gasteiger partial charge in [-0.3, -0.25) is 4.31 Å². The summed E-state index contributed by atoms with van der Waals surface area (Å²) in [6.45, 7) is 3.67. The molecular weight excluding hydrogens is 306 g/mol. The van der Waals surface area contributed by atoms with Crippen LogP contribution in [0.3, 0.4) is 0 Å². The van der Waals surface area contributed by atoms with E-state index in [-0.39, 0.29) is 11.5 Å². The summed E-state index contributed by atoms with van der Waals surface area (Å²) in [5.74, 6) is 0. The highest BCUT2D eigenvalue weighted by Gasteiger charge is 2.25. The SMILES string of the molecule is CCc1ccc(N(C)S(=O)(=O)c2cc(CO)sc2C)cc1. The van der Waals surface area contributed by atoms with E-state index in [9.17, 15) is 8.42 Å². The first-order chi connectivity index (χ1) is 9.90. The minimum Gasteiger partial charge on any atom is -0.391 e.